The second kappa shape index (κ2) is 7.21. The van der Waals surface area contributed by atoms with E-state index in [1.807, 2.05) is 13.8 Å². The van der Waals surface area contributed by atoms with Gasteiger partial charge in [0.05, 0.1) is 5.60 Å². The van der Waals surface area contributed by atoms with Crippen molar-refractivity contribution in [2.24, 2.45) is 0 Å². The Kier molecular flexibility index (Phi) is 5.84. The van der Waals surface area contributed by atoms with E-state index in [1.54, 1.807) is 0 Å². The topological polar surface area (TPSA) is 30.0 Å². The first-order valence-electron chi connectivity index (χ1n) is 8.31. The van der Waals surface area contributed by atoms with Crippen molar-refractivity contribution in [1.82, 2.24) is 14.7 Å². The first-order valence-corrected chi connectivity index (χ1v) is 8.31. The SMILES string of the molecule is CN1CCCCC1CCN1CCN(CC(C)(C)O)CC1. The molecular formula is C16H33N3O. The van der Waals surface area contributed by atoms with Gasteiger partial charge >= 0.3 is 0 Å². The molecule has 0 aromatic rings. The second-order valence-corrected chi connectivity index (χ2v) is 7.35. The van der Waals surface area contributed by atoms with E-state index in [1.165, 1.54) is 38.8 Å². The molecule has 1 atom stereocenters. The number of piperidine rings is 1. The number of aliphatic hydroxyl groups is 1. The van der Waals surface area contributed by atoms with Gasteiger partial charge in [-0.3, -0.25) is 4.90 Å². The number of hydrogen-bond acceptors (Lipinski definition) is 4. The van der Waals surface area contributed by atoms with Gasteiger partial charge in [-0.1, -0.05) is 6.42 Å². The van der Waals surface area contributed by atoms with E-state index in [2.05, 4.69) is 21.7 Å². The predicted molar refractivity (Wildman–Crippen MR) is 84.1 cm³/mol. The quantitative estimate of drug-likeness (QED) is 0.822. The van der Waals surface area contributed by atoms with E-state index in [9.17, 15) is 5.11 Å². The van der Waals surface area contributed by atoms with Gasteiger partial charge in [-0.25, -0.2) is 0 Å². The van der Waals surface area contributed by atoms with Gasteiger partial charge in [-0.05, 0) is 53.2 Å². The fourth-order valence-corrected chi connectivity index (χ4v) is 3.56. The molecule has 2 aliphatic heterocycles. The van der Waals surface area contributed by atoms with Crippen LogP contribution in [0.2, 0.25) is 0 Å². The highest BCUT2D eigenvalue weighted by Gasteiger charge is 2.24. The van der Waals surface area contributed by atoms with E-state index >= 15 is 0 Å². The zero-order valence-corrected chi connectivity index (χ0v) is 13.6. The molecule has 4 heteroatoms. The Hall–Kier alpha value is -0.160. The lowest BCUT2D eigenvalue weighted by Gasteiger charge is -2.39. The van der Waals surface area contributed by atoms with Crippen molar-refractivity contribution in [3.63, 3.8) is 0 Å². The summed E-state index contributed by atoms with van der Waals surface area (Å²) in [5.74, 6) is 0. The Bertz CT molecular complexity index is 282. The summed E-state index contributed by atoms with van der Waals surface area (Å²) in [5.41, 5.74) is -0.563. The van der Waals surface area contributed by atoms with Gasteiger partial charge in [0, 0.05) is 38.8 Å². The lowest BCUT2D eigenvalue weighted by molar-refractivity contribution is 0.0164. The average molecular weight is 283 g/mol. The van der Waals surface area contributed by atoms with Crippen molar-refractivity contribution in [2.45, 2.75) is 51.2 Å². The minimum Gasteiger partial charge on any atom is -0.389 e. The third-order valence-corrected chi connectivity index (χ3v) is 4.78. The van der Waals surface area contributed by atoms with Gasteiger partial charge < -0.3 is 14.9 Å². The summed E-state index contributed by atoms with van der Waals surface area (Å²) in [7, 11) is 2.28. The van der Waals surface area contributed by atoms with Gasteiger partial charge in [-0.15, -0.1) is 0 Å². The van der Waals surface area contributed by atoms with E-state index in [0.29, 0.717) is 0 Å². The van der Waals surface area contributed by atoms with Crippen molar-refractivity contribution in [3.05, 3.63) is 0 Å². The summed E-state index contributed by atoms with van der Waals surface area (Å²) >= 11 is 0. The molecule has 2 saturated heterocycles. The van der Waals surface area contributed by atoms with Crippen molar-refractivity contribution in [2.75, 3.05) is 52.9 Å². The molecule has 0 aromatic heterocycles. The molecule has 0 spiro atoms. The Balaban J connectivity index is 1.64. The van der Waals surface area contributed by atoms with Crippen molar-refractivity contribution < 1.29 is 5.11 Å². The highest BCUT2D eigenvalue weighted by molar-refractivity contribution is 4.80. The van der Waals surface area contributed by atoms with Gasteiger partial charge in [-0.2, -0.15) is 0 Å². The molecule has 0 bridgehead atoms. The molecule has 2 heterocycles. The highest BCUT2D eigenvalue weighted by Crippen LogP contribution is 2.18. The summed E-state index contributed by atoms with van der Waals surface area (Å²) in [6, 6.07) is 0.804. The number of likely N-dealkylation sites (tertiary alicyclic amines) is 1. The highest BCUT2D eigenvalue weighted by atomic mass is 16.3. The van der Waals surface area contributed by atoms with Crippen LogP contribution in [0.15, 0.2) is 0 Å². The fraction of sp³-hybridized carbons (Fsp3) is 1.00. The molecule has 0 amide bonds. The van der Waals surface area contributed by atoms with Crippen molar-refractivity contribution >= 4 is 0 Å². The zero-order valence-electron chi connectivity index (χ0n) is 13.6. The van der Waals surface area contributed by atoms with E-state index in [-0.39, 0.29) is 0 Å². The second-order valence-electron chi connectivity index (χ2n) is 7.35. The van der Waals surface area contributed by atoms with Gasteiger partial charge in [0.15, 0.2) is 0 Å². The van der Waals surface area contributed by atoms with Crippen LogP contribution in [0.5, 0.6) is 0 Å². The number of hydrogen-bond donors (Lipinski definition) is 1. The first kappa shape index (κ1) is 16.2. The van der Waals surface area contributed by atoms with Crippen LogP contribution in [-0.2, 0) is 0 Å². The van der Waals surface area contributed by atoms with Crippen LogP contribution in [-0.4, -0.2) is 84.3 Å². The lowest BCUT2D eigenvalue weighted by Crippen LogP contribution is -2.51. The normalized spacial score (nSPS) is 27.9. The maximum Gasteiger partial charge on any atom is 0.0718 e. The van der Waals surface area contributed by atoms with Gasteiger partial charge in [0.2, 0.25) is 0 Å². The minimum absolute atomic E-state index is 0.563. The monoisotopic (exact) mass is 283 g/mol. The Morgan fingerprint density at radius 2 is 1.65 bits per heavy atom. The molecule has 1 unspecified atom stereocenters. The minimum atomic E-state index is -0.563. The summed E-state index contributed by atoms with van der Waals surface area (Å²) in [6.07, 6.45) is 5.49. The molecule has 2 rings (SSSR count). The largest absolute Gasteiger partial charge is 0.389 e. The number of rotatable bonds is 5. The van der Waals surface area contributed by atoms with Gasteiger partial charge in [0.25, 0.3) is 0 Å². The molecule has 0 aliphatic carbocycles. The molecule has 4 nitrogen and oxygen atoms in total. The molecule has 118 valence electrons. The smallest absolute Gasteiger partial charge is 0.0718 e. The van der Waals surface area contributed by atoms with E-state index < -0.39 is 5.60 Å². The summed E-state index contributed by atoms with van der Waals surface area (Å²) in [5, 5.41) is 9.88. The standard InChI is InChI=1S/C16H33N3O/c1-16(2,20)14-19-12-10-18(11-13-19)9-7-15-6-4-5-8-17(15)3/h15,20H,4-14H2,1-3H3. The molecule has 20 heavy (non-hydrogen) atoms. The maximum atomic E-state index is 9.88. The maximum absolute atomic E-state index is 9.88. The first-order chi connectivity index (χ1) is 9.44. The third-order valence-electron chi connectivity index (χ3n) is 4.78. The van der Waals surface area contributed by atoms with Crippen LogP contribution in [0.4, 0.5) is 0 Å². The summed E-state index contributed by atoms with van der Waals surface area (Å²) in [6.45, 7) is 11.6. The van der Waals surface area contributed by atoms with Crippen LogP contribution < -0.4 is 0 Å². The molecule has 0 saturated carbocycles. The van der Waals surface area contributed by atoms with Gasteiger partial charge in [0.1, 0.15) is 0 Å². The third kappa shape index (κ3) is 5.32. The number of β-amino-alcohol motifs (C(OH)–C–C–N with tert-alkyl or cyclic N) is 1. The van der Waals surface area contributed by atoms with Crippen LogP contribution in [0.25, 0.3) is 0 Å². The van der Waals surface area contributed by atoms with Crippen LogP contribution >= 0.6 is 0 Å². The van der Waals surface area contributed by atoms with E-state index in [4.69, 9.17) is 0 Å². The predicted octanol–water partition coefficient (Wildman–Crippen LogP) is 1.25. The summed E-state index contributed by atoms with van der Waals surface area (Å²) < 4.78 is 0. The van der Waals surface area contributed by atoms with Crippen molar-refractivity contribution in [3.8, 4) is 0 Å². The lowest BCUT2D eigenvalue weighted by atomic mass is 10.00. The van der Waals surface area contributed by atoms with Crippen molar-refractivity contribution in [1.29, 1.82) is 0 Å². The average Bonchev–Trinajstić information content (AvgIpc) is 2.38. The molecule has 2 fully saturated rings. The molecule has 1 N–H and O–H groups in total. The van der Waals surface area contributed by atoms with E-state index in [0.717, 1.165) is 38.8 Å². The zero-order chi connectivity index (χ0) is 14.6. The van der Waals surface area contributed by atoms with Crippen LogP contribution in [0, 0.1) is 0 Å². The number of piperazine rings is 1. The number of nitrogens with zero attached hydrogens (tertiary/aromatic N) is 3. The van der Waals surface area contributed by atoms with Crippen LogP contribution in [0.1, 0.15) is 39.5 Å². The molecule has 0 aromatic carbocycles. The molecular weight excluding hydrogens is 250 g/mol. The molecule has 2 aliphatic rings. The summed E-state index contributed by atoms with van der Waals surface area (Å²) in [4.78, 5) is 7.54. The Morgan fingerprint density at radius 3 is 2.25 bits per heavy atom. The fourth-order valence-electron chi connectivity index (χ4n) is 3.56. The Labute approximate surface area is 124 Å². The van der Waals surface area contributed by atoms with Crippen LogP contribution in [0.3, 0.4) is 0 Å². The molecule has 0 radical (unpaired) electrons. The Morgan fingerprint density at radius 1 is 1.00 bits per heavy atom.